The van der Waals surface area contributed by atoms with Gasteiger partial charge in [-0.2, -0.15) is 0 Å². The topological polar surface area (TPSA) is 80.9 Å². The Bertz CT molecular complexity index is 583. The second kappa shape index (κ2) is 5.14. The Labute approximate surface area is 113 Å². The van der Waals surface area contributed by atoms with E-state index in [0.29, 0.717) is 11.4 Å². The van der Waals surface area contributed by atoms with Gasteiger partial charge in [0.15, 0.2) is 0 Å². The van der Waals surface area contributed by atoms with Crippen molar-refractivity contribution in [3.05, 3.63) is 46.5 Å². The molecular weight excluding hydrogens is 296 g/mol. The molecule has 0 radical (unpaired) electrons. The molecular formula is C12H11BrN4O. The molecule has 18 heavy (non-hydrogen) atoms. The van der Waals surface area contributed by atoms with E-state index in [0.717, 1.165) is 10.2 Å². The van der Waals surface area contributed by atoms with E-state index in [1.54, 1.807) is 24.4 Å². The quantitative estimate of drug-likeness (QED) is 0.835. The molecule has 6 heteroatoms. The van der Waals surface area contributed by atoms with Gasteiger partial charge < -0.3 is 11.1 Å². The zero-order chi connectivity index (χ0) is 13.1. The SMILES string of the molecule is Cc1cnc(C(=O)Nc2ccc(N)cc2Br)cn1. The lowest BCUT2D eigenvalue weighted by molar-refractivity contribution is 0.102. The van der Waals surface area contributed by atoms with E-state index >= 15 is 0 Å². The summed E-state index contributed by atoms with van der Waals surface area (Å²) in [5.41, 5.74) is 7.91. The summed E-state index contributed by atoms with van der Waals surface area (Å²) in [6.45, 7) is 1.81. The maximum absolute atomic E-state index is 11.9. The molecule has 1 aromatic heterocycles. The third-order valence-electron chi connectivity index (χ3n) is 2.25. The van der Waals surface area contributed by atoms with E-state index in [1.165, 1.54) is 6.20 Å². The number of carbonyl (C=O) groups is 1. The van der Waals surface area contributed by atoms with E-state index < -0.39 is 0 Å². The number of carbonyl (C=O) groups excluding carboxylic acids is 1. The number of hydrogen-bond acceptors (Lipinski definition) is 4. The third-order valence-corrected chi connectivity index (χ3v) is 2.91. The minimum Gasteiger partial charge on any atom is -0.399 e. The van der Waals surface area contributed by atoms with Crippen LogP contribution in [-0.2, 0) is 0 Å². The number of nitrogen functional groups attached to an aromatic ring is 1. The van der Waals surface area contributed by atoms with Crippen LogP contribution in [0.5, 0.6) is 0 Å². The second-order valence-electron chi connectivity index (χ2n) is 3.74. The molecule has 1 aromatic carbocycles. The van der Waals surface area contributed by atoms with E-state index in [1.807, 2.05) is 6.92 Å². The van der Waals surface area contributed by atoms with Gasteiger partial charge in [0.2, 0.25) is 0 Å². The monoisotopic (exact) mass is 306 g/mol. The van der Waals surface area contributed by atoms with Gasteiger partial charge in [-0.25, -0.2) is 4.98 Å². The molecule has 0 fully saturated rings. The largest absolute Gasteiger partial charge is 0.399 e. The van der Waals surface area contributed by atoms with Crippen molar-refractivity contribution in [1.29, 1.82) is 0 Å². The van der Waals surface area contributed by atoms with E-state index in [2.05, 4.69) is 31.2 Å². The molecule has 0 saturated carbocycles. The van der Waals surface area contributed by atoms with Crippen molar-refractivity contribution in [2.45, 2.75) is 6.92 Å². The Morgan fingerprint density at radius 2 is 2.11 bits per heavy atom. The summed E-state index contributed by atoms with van der Waals surface area (Å²) in [7, 11) is 0. The van der Waals surface area contributed by atoms with Gasteiger partial charge in [-0.05, 0) is 41.1 Å². The van der Waals surface area contributed by atoms with E-state index in [-0.39, 0.29) is 11.6 Å². The number of nitrogens with two attached hydrogens (primary N) is 1. The molecule has 0 aliphatic carbocycles. The first-order chi connectivity index (χ1) is 8.56. The number of nitrogens with one attached hydrogen (secondary N) is 1. The molecule has 1 heterocycles. The number of benzene rings is 1. The number of nitrogens with zero attached hydrogens (tertiary/aromatic N) is 2. The maximum Gasteiger partial charge on any atom is 0.275 e. The number of halogens is 1. The highest BCUT2D eigenvalue weighted by Gasteiger charge is 2.09. The molecule has 5 nitrogen and oxygen atoms in total. The minimum atomic E-state index is -0.312. The highest BCUT2D eigenvalue weighted by Crippen LogP contribution is 2.24. The number of hydrogen-bond donors (Lipinski definition) is 2. The summed E-state index contributed by atoms with van der Waals surface area (Å²) >= 11 is 3.33. The Hall–Kier alpha value is -1.95. The first-order valence-electron chi connectivity index (χ1n) is 5.21. The summed E-state index contributed by atoms with van der Waals surface area (Å²) in [5.74, 6) is -0.312. The Balaban J connectivity index is 2.18. The summed E-state index contributed by atoms with van der Waals surface area (Å²) in [6.07, 6.45) is 2.99. The van der Waals surface area contributed by atoms with E-state index in [9.17, 15) is 4.79 Å². The summed E-state index contributed by atoms with van der Waals surface area (Å²) in [6, 6.07) is 5.15. The summed E-state index contributed by atoms with van der Waals surface area (Å²) in [5, 5.41) is 2.73. The standard InChI is InChI=1S/C12H11BrN4O/c1-7-5-16-11(6-15-7)12(18)17-10-3-2-8(14)4-9(10)13/h2-6H,14H2,1H3,(H,17,18). The van der Waals surface area contributed by atoms with Crippen molar-refractivity contribution in [2.24, 2.45) is 0 Å². The lowest BCUT2D eigenvalue weighted by atomic mass is 10.3. The van der Waals surface area contributed by atoms with Crippen LogP contribution in [0.25, 0.3) is 0 Å². The zero-order valence-corrected chi connectivity index (χ0v) is 11.2. The molecule has 0 atom stereocenters. The van der Waals surface area contributed by atoms with Crippen LogP contribution in [0.3, 0.4) is 0 Å². The molecule has 0 spiro atoms. The molecule has 2 rings (SSSR count). The molecule has 2 aromatic rings. The van der Waals surface area contributed by atoms with Crippen molar-refractivity contribution in [2.75, 3.05) is 11.1 Å². The maximum atomic E-state index is 11.9. The molecule has 0 unspecified atom stereocenters. The first kappa shape index (κ1) is 12.5. The minimum absolute atomic E-state index is 0.268. The number of anilines is 2. The van der Waals surface area contributed by atoms with Crippen LogP contribution < -0.4 is 11.1 Å². The number of rotatable bonds is 2. The number of aryl methyl sites for hydroxylation is 1. The van der Waals surface area contributed by atoms with Gasteiger partial charge in [-0.3, -0.25) is 9.78 Å². The molecule has 1 amide bonds. The predicted octanol–water partition coefficient (Wildman–Crippen LogP) is 2.38. The molecule has 0 aliphatic heterocycles. The Morgan fingerprint density at radius 1 is 1.33 bits per heavy atom. The molecule has 0 bridgehead atoms. The average Bonchev–Trinajstić information content (AvgIpc) is 2.33. The lowest BCUT2D eigenvalue weighted by Gasteiger charge is -2.07. The highest BCUT2D eigenvalue weighted by atomic mass is 79.9. The summed E-state index contributed by atoms with van der Waals surface area (Å²) < 4.78 is 0.718. The Kier molecular flexibility index (Phi) is 3.57. The van der Waals surface area contributed by atoms with Gasteiger partial charge in [-0.1, -0.05) is 0 Å². The van der Waals surface area contributed by atoms with Gasteiger partial charge in [0.25, 0.3) is 5.91 Å². The van der Waals surface area contributed by atoms with Crippen LogP contribution in [0.15, 0.2) is 35.1 Å². The average molecular weight is 307 g/mol. The van der Waals surface area contributed by atoms with Gasteiger partial charge in [0, 0.05) is 16.4 Å². The first-order valence-corrected chi connectivity index (χ1v) is 6.00. The van der Waals surface area contributed by atoms with Gasteiger partial charge in [-0.15, -0.1) is 0 Å². The molecule has 0 aliphatic rings. The highest BCUT2D eigenvalue weighted by molar-refractivity contribution is 9.10. The van der Waals surface area contributed by atoms with Crippen molar-refractivity contribution in [1.82, 2.24) is 9.97 Å². The Morgan fingerprint density at radius 3 is 2.72 bits per heavy atom. The van der Waals surface area contributed by atoms with Crippen molar-refractivity contribution in [3.63, 3.8) is 0 Å². The van der Waals surface area contributed by atoms with Crippen LogP contribution in [-0.4, -0.2) is 15.9 Å². The molecule has 92 valence electrons. The van der Waals surface area contributed by atoms with Crippen LogP contribution in [0, 0.1) is 6.92 Å². The van der Waals surface area contributed by atoms with Crippen LogP contribution in [0.2, 0.25) is 0 Å². The normalized spacial score (nSPS) is 10.1. The van der Waals surface area contributed by atoms with Crippen LogP contribution in [0.4, 0.5) is 11.4 Å². The van der Waals surface area contributed by atoms with Gasteiger partial charge in [0.05, 0.1) is 17.6 Å². The van der Waals surface area contributed by atoms with Crippen molar-refractivity contribution < 1.29 is 4.79 Å². The number of amides is 1. The zero-order valence-electron chi connectivity index (χ0n) is 9.64. The van der Waals surface area contributed by atoms with Crippen molar-refractivity contribution in [3.8, 4) is 0 Å². The lowest BCUT2D eigenvalue weighted by Crippen LogP contribution is -2.14. The predicted molar refractivity (Wildman–Crippen MR) is 73.3 cm³/mol. The summed E-state index contributed by atoms with van der Waals surface area (Å²) in [4.78, 5) is 19.9. The number of aromatic nitrogens is 2. The molecule has 3 N–H and O–H groups in total. The van der Waals surface area contributed by atoms with Crippen molar-refractivity contribution >= 4 is 33.2 Å². The van der Waals surface area contributed by atoms with Gasteiger partial charge in [0.1, 0.15) is 5.69 Å². The molecule has 0 saturated heterocycles. The fourth-order valence-corrected chi connectivity index (χ4v) is 1.82. The van der Waals surface area contributed by atoms with E-state index in [4.69, 9.17) is 5.73 Å². The van der Waals surface area contributed by atoms with Gasteiger partial charge >= 0.3 is 0 Å². The fraction of sp³-hybridized carbons (Fsp3) is 0.0833. The van der Waals surface area contributed by atoms with Crippen LogP contribution in [0.1, 0.15) is 16.2 Å². The smallest absolute Gasteiger partial charge is 0.275 e. The second-order valence-corrected chi connectivity index (χ2v) is 4.59. The third kappa shape index (κ3) is 2.84. The fourth-order valence-electron chi connectivity index (χ4n) is 1.33. The van der Waals surface area contributed by atoms with Crippen LogP contribution >= 0.6 is 15.9 Å².